The van der Waals surface area contributed by atoms with Crippen LogP contribution < -0.4 is 5.73 Å². The van der Waals surface area contributed by atoms with E-state index in [2.05, 4.69) is 4.98 Å². The molecule has 0 spiro atoms. The summed E-state index contributed by atoms with van der Waals surface area (Å²) in [5.74, 6) is 0.0804. The van der Waals surface area contributed by atoms with Crippen LogP contribution in [0.15, 0.2) is 12.3 Å². The molecule has 0 saturated carbocycles. The molecule has 1 aliphatic rings. The van der Waals surface area contributed by atoms with Gasteiger partial charge in [-0.15, -0.1) is 11.3 Å². The van der Waals surface area contributed by atoms with Gasteiger partial charge < -0.3 is 10.6 Å². The second-order valence-corrected chi connectivity index (χ2v) is 6.71. The van der Waals surface area contributed by atoms with Crippen LogP contribution in [0, 0.1) is 6.92 Å². The molecule has 0 atom stereocenters. The van der Waals surface area contributed by atoms with Crippen molar-refractivity contribution in [2.45, 2.75) is 39.0 Å². The van der Waals surface area contributed by atoms with Gasteiger partial charge in [-0.05, 0) is 31.4 Å². The number of carbonyl (C=O) groups is 1. The lowest BCUT2D eigenvalue weighted by Gasteiger charge is -2.24. The highest BCUT2D eigenvalue weighted by atomic mass is 32.1. The van der Waals surface area contributed by atoms with Gasteiger partial charge in [-0.1, -0.05) is 19.3 Å². The van der Waals surface area contributed by atoms with E-state index in [0.29, 0.717) is 10.6 Å². The summed E-state index contributed by atoms with van der Waals surface area (Å²) in [5.41, 5.74) is 7.93. The summed E-state index contributed by atoms with van der Waals surface area (Å²) in [5, 5.41) is 0.942. The predicted octanol–water partition coefficient (Wildman–Crippen LogP) is 3.59. The lowest BCUT2D eigenvalue weighted by atomic mass is 10.1. The van der Waals surface area contributed by atoms with E-state index in [-0.39, 0.29) is 5.91 Å². The van der Waals surface area contributed by atoms with Gasteiger partial charge in [-0.25, -0.2) is 4.98 Å². The highest BCUT2D eigenvalue weighted by molar-refractivity contribution is 7.21. The fourth-order valence-electron chi connectivity index (χ4n) is 2.96. The fourth-order valence-corrected chi connectivity index (χ4v) is 4.06. The van der Waals surface area contributed by atoms with E-state index >= 15 is 0 Å². The van der Waals surface area contributed by atoms with Crippen LogP contribution in [0.4, 0.5) is 5.69 Å². The number of fused-ring (bicyclic) bond motifs is 1. The molecule has 2 aromatic heterocycles. The maximum absolute atomic E-state index is 12.8. The van der Waals surface area contributed by atoms with Crippen molar-refractivity contribution in [3.8, 4) is 0 Å². The Balaban J connectivity index is 1.93. The fraction of sp³-hybridized carbons (Fsp3) is 0.500. The molecule has 0 radical (unpaired) electrons. The summed E-state index contributed by atoms with van der Waals surface area (Å²) in [6.07, 6.45) is 7.68. The quantitative estimate of drug-likeness (QED) is 0.875. The Morgan fingerprint density at radius 1 is 1.24 bits per heavy atom. The average molecular weight is 303 g/mol. The Labute approximate surface area is 129 Å². The van der Waals surface area contributed by atoms with Gasteiger partial charge in [0.05, 0.1) is 5.69 Å². The summed E-state index contributed by atoms with van der Waals surface area (Å²) < 4.78 is 0. The normalized spacial score (nSPS) is 16.7. The van der Waals surface area contributed by atoms with E-state index in [1.165, 1.54) is 30.6 Å². The molecule has 1 saturated heterocycles. The van der Waals surface area contributed by atoms with Gasteiger partial charge in [-0.3, -0.25) is 4.79 Å². The molecule has 0 aromatic carbocycles. The molecule has 5 heteroatoms. The average Bonchev–Trinajstić information content (AvgIpc) is 2.76. The summed E-state index contributed by atoms with van der Waals surface area (Å²) in [7, 11) is 0. The zero-order chi connectivity index (χ0) is 14.8. The largest absolute Gasteiger partial charge is 0.397 e. The Kier molecular flexibility index (Phi) is 4.10. The van der Waals surface area contributed by atoms with Gasteiger partial charge in [0, 0.05) is 24.7 Å². The van der Waals surface area contributed by atoms with Crippen molar-refractivity contribution in [1.29, 1.82) is 0 Å². The lowest BCUT2D eigenvalue weighted by Crippen LogP contribution is -2.33. The van der Waals surface area contributed by atoms with E-state index in [4.69, 9.17) is 5.73 Å². The predicted molar refractivity (Wildman–Crippen MR) is 87.8 cm³/mol. The third-order valence-electron chi connectivity index (χ3n) is 4.17. The molecule has 1 aliphatic heterocycles. The first-order chi connectivity index (χ1) is 10.2. The molecule has 0 bridgehead atoms. The Bertz CT molecular complexity index is 657. The molecule has 3 rings (SSSR count). The summed E-state index contributed by atoms with van der Waals surface area (Å²) in [6, 6.07) is 1.94. The molecule has 4 nitrogen and oxygen atoms in total. The number of nitrogens with zero attached hydrogens (tertiary/aromatic N) is 2. The van der Waals surface area contributed by atoms with Crippen molar-refractivity contribution in [3.63, 3.8) is 0 Å². The highest BCUT2D eigenvalue weighted by Crippen LogP contribution is 2.35. The van der Waals surface area contributed by atoms with Gasteiger partial charge in [0.15, 0.2) is 0 Å². The second-order valence-electron chi connectivity index (χ2n) is 5.71. The van der Waals surface area contributed by atoms with E-state index < -0.39 is 0 Å². The number of aromatic nitrogens is 1. The van der Waals surface area contributed by atoms with Gasteiger partial charge in [-0.2, -0.15) is 0 Å². The van der Waals surface area contributed by atoms with Crippen molar-refractivity contribution in [2.75, 3.05) is 18.8 Å². The van der Waals surface area contributed by atoms with Gasteiger partial charge in [0.2, 0.25) is 0 Å². The van der Waals surface area contributed by atoms with Crippen LogP contribution in [0.2, 0.25) is 0 Å². The first kappa shape index (κ1) is 14.3. The zero-order valence-electron chi connectivity index (χ0n) is 12.4. The molecule has 3 heterocycles. The van der Waals surface area contributed by atoms with Crippen molar-refractivity contribution in [2.24, 2.45) is 0 Å². The highest BCUT2D eigenvalue weighted by Gasteiger charge is 2.23. The number of anilines is 1. The third kappa shape index (κ3) is 2.75. The lowest BCUT2D eigenvalue weighted by molar-refractivity contribution is 0.0748. The van der Waals surface area contributed by atoms with E-state index in [1.807, 2.05) is 17.9 Å². The second kappa shape index (κ2) is 6.02. The standard InChI is InChI=1S/C16H21N3OS/c1-11-7-8-18-15-12(11)13(17)14(21-15)16(20)19-9-5-3-2-4-6-10-19/h7-8H,2-6,9-10,17H2,1H3. The Morgan fingerprint density at radius 3 is 2.57 bits per heavy atom. The van der Waals surface area contributed by atoms with Crippen molar-refractivity contribution in [1.82, 2.24) is 9.88 Å². The first-order valence-electron chi connectivity index (χ1n) is 7.61. The third-order valence-corrected chi connectivity index (χ3v) is 5.28. The van der Waals surface area contributed by atoms with Crippen LogP contribution in [0.3, 0.4) is 0 Å². The summed E-state index contributed by atoms with van der Waals surface area (Å²) >= 11 is 1.42. The molecule has 2 aromatic rings. The van der Waals surface area contributed by atoms with Crippen LogP contribution in [0.5, 0.6) is 0 Å². The Hall–Kier alpha value is -1.62. The molecule has 0 unspecified atom stereocenters. The number of amides is 1. The van der Waals surface area contributed by atoms with Gasteiger partial charge in [0.25, 0.3) is 5.91 Å². The van der Waals surface area contributed by atoms with Crippen LogP contribution in [0.25, 0.3) is 10.2 Å². The Morgan fingerprint density at radius 2 is 1.90 bits per heavy atom. The SMILES string of the molecule is Cc1ccnc2sc(C(=O)N3CCCCCCC3)c(N)c12. The number of carbonyl (C=O) groups excluding carboxylic acids is 1. The van der Waals surface area contributed by atoms with Crippen molar-refractivity contribution < 1.29 is 4.79 Å². The molecule has 2 N–H and O–H groups in total. The first-order valence-corrected chi connectivity index (χ1v) is 8.43. The van der Waals surface area contributed by atoms with Gasteiger partial charge in [0.1, 0.15) is 9.71 Å². The molecule has 112 valence electrons. The van der Waals surface area contributed by atoms with Crippen LogP contribution in [0.1, 0.15) is 47.3 Å². The smallest absolute Gasteiger partial charge is 0.266 e. The van der Waals surface area contributed by atoms with Crippen molar-refractivity contribution >= 4 is 33.1 Å². The maximum atomic E-state index is 12.8. The number of rotatable bonds is 1. The number of hydrogen-bond acceptors (Lipinski definition) is 4. The summed E-state index contributed by atoms with van der Waals surface area (Å²) in [4.78, 5) is 20.6. The number of likely N-dealkylation sites (tertiary alicyclic amines) is 1. The molecular formula is C16H21N3OS. The zero-order valence-corrected chi connectivity index (χ0v) is 13.2. The molecule has 1 amide bonds. The monoisotopic (exact) mass is 303 g/mol. The number of pyridine rings is 1. The number of hydrogen-bond donors (Lipinski definition) is 1. The van der Waals surface area contributed by atoms with Crippen LogP contribution in [-0.4, -0.2) is 28.9 Å². The van der Waals surface area contributed by atoms with Crippen LogP contribution in [-0.2, 0) is 0 Å². The minimum atomic E-state index is 0.0804. The number of nitrogens with two attached hydrogens (primary N) is 1. The van der Waals surface area contributed by atoms with Crippen molar-refractivity contribution in [3.05, 3.63) is 22.7 Å². The molecular weight excluding hydrogens is 282 g/mol. The van der Waals surface area contributed by atoms with E-state index in [9.17, 15) is 4.79 Å². The maximum Gasteiger partial charge on any atom is 0.266 e. The minimum absolute atomic E-state index is 0.0804. The van der Waals surface area contributed by atoms with E-state index in [1.54, 1.807) is 6.20 Å². The molecule has 0 aliphatic carbocycles. The van der Waals surface area contributed by atoms with Crippen LogP contribution >= 0.6 is 11.3 Å². The minimum Gasteiger partial charge on any atom is -0.397 e. The van der Waals surface area contributed by atoms with Gasteiger partial charge >= 0.3 is 0 Å². The number of thiophene rings is 1. The number of aryl methyl sites for hydroxylation is 1. The number of nitrogen functional groups attached to an aromatic ring is 1. The molecule has 21 heavy (non-hydrogen) atoms. The molecule has 1 fully saturated rings. The topological polar surface area (TPSA) is 59.2 Å². The van der Waals surface area contributed by atoms with E-state index in [0.717, 1.165) is 41.7 Å². The summed E-state index contributed by atoms with van der Waals surface area (Å²) in [6.45, 7) is 3.70.